The number of hydrogen-bond donors (Lipinski definition) is 0. The lowest BCUT2D eigenvalue weighted by Crippen LogP contribution is -2.21. The zero-order valence-corrected chi connectivity index (χ0v) is 9.25. The van der Waals surface area contributed by atoms with Crippen molar-refractivity contribution in [3.05, 3.63) is 30.3 Å². The van der Waals surface area contributed by atoms with Gasteiger partial charge in [0.15, 0.2) is 0 Å². The molecule has 1 nitrogen and oxygen atoms in total. The maximum Gasteiger partial charge on any atom is 0.0365 e. The average molecular weight is 179 g/mol. The molecule has 0 radical (unpaired) electrons. The maximum absolute atomic E-state index is 2.33. The first-order valence-corrected chi connectivity index (χ1v) is 5.18. The monoisotopic (exact) mass is 179 g/mol. The molecule has 74 valence electrons. The molecule has 0 saturated heterocycles. The Bertz CT molecular complexity index is 190. The Kier molecular flexibility index (Phi) is 7.08. The highest BCUT2D eigenvalue weighted by molar-refractivity contribution is 5.45. The summed E-state index contributed by atoms with van der Waals surface area (Å²) in [6.07, 6.45) is 0. The topological polar surface area (TPSA) is 3.24 Å². The molecule has 1 aromatic carbocycles. The average Bonchev–Trinajstić information content (AvgIpc) is 2.24. The normalized spacial score (nSPS) is 8.62. The first-order valence-electron chi connectivity index (χ1n) is 5.18. The van der Waals surface area contributed by atoms with Crippen LogP contribution in [0.2, 0.25) is 0 Å². The summed E-state index contributed by atoms with van der Waals surface area (Å²) in [5, 5.41) is 0. The van der Waals surface area contributed by atoms with Crippen LogP contribution in [-0.4, -0.2) is 13.1 Å². The number of hydrogen-bond acceptors (Lipinski definition) is 1. The van der Waals surface area contributed by atoms with Crippen LogP contribution >= 0.6 is 0 Å². The number of para-hydroxylation sites is 1. The maximum atomic E-state index is 2.33. The first kappa shape index (κ1) is 12.0. The Balaban J connectivity index is 0.000000671. The van der Waals surface area contributed by atoms with Crippen LogP contribution in [0.25, 0.3) is 0 Å². The van der Waals surface area contributed by atoms with Crippen molar-refractivity contribution in [3.63, 3.8) is 0 Å². The van der Waals surface area contributed by atoms with E-state index in [1.54, 1.807) is 0 Å². The number of nitrogens with zero attached hydrogens (tertiary/aromatic N) is 1. The van der Waals surface area contributed by atoms with Crippen molar-refractivity contribution in [2.45, 2.75) is 27.7 Å². The lowest BCUT2D eigenvalue weighted by atomic mass is 10.3. The van der Waals surface area contributed by atoms with Crippen LogP contribution in [0, 0.1) is 0 Å². The highest BCUT2D eigenvalue weighted by Crippen LogP contribution is 2.11. The smallest absolute Gasteiger partial charge is 0.0365 e. The number of rotatable bonds is 3. The predicted octanol–water partition coefficient (Wildman–Crippen LogP) is 3.56. The lowest BCUT2D eigenvalue weighted by Gasteiger charge is -2.20. The van der Waals surface area contributed by atoms with Gasteiger partial charge in [0.2, 0.25) is 0 Å². The Morgan fingerprint density at radius 2 is 1.38 bits per heavy atom. The molecule has 0 atom stereocenters. The SMILES string of the molecule is CC.CCN(CC)c1ccccc1. The fourth-order valence-electron chi connectivity index (χ4n) is 1.23. The van der Waals surface area contributed by atoms with Crippen molar-refractivity contribution in [1.82, 2.24) is 0 Å². The highest BCUT2D eigenvalue weighted by Gasteiger charge is 1.97. The van der Waals surface area contributed by atoms with E-state index in [2.05, 4.69) is 43.0 Å². The molecule has 0 aliphatic heterocycles. The molecule has 0 bridgehead atoms. The minimum Gasteiger partial charge on any atom is -0.372 e. The molecule has 0 saturated carbocycles. The minimum absolute atomic E-state index is 1.08. The molecule has 0 aromatic heterocycles. The molecule has 0 aliphatic carbocycles. The van der Waals surface area contributed by atoms with Gasteiger partial charge in [-0.05, 0) is 26.0 Å². The molecule has 1 heteroatoms. The van der Waals surface area contributed by atoms with E-state index < -0.39 is 0 Å². The van der Waals surface area contributed by atoms with Gasteiger partial charge in [0.25, 0.3) is 0 Å². The third kappa shape index (κ3) is 3.97. The molecule has 0 fully saturated rings. The molecule has 0 amide bonds. The van der Waals surface area contributed by atoms with Crippen LogP contribution in [0.5, 0.6) is 0 Å². The summed E-state index contributed by atoms with van der Waals surface area (Å²) in [4.78, 5) is 2.33. The molecule has 0 N–H and O–H groups in total. The van der Waals surface area contributed by atoms with Gasteiger partial charge in [0, 0.05) is 18.8 Å². The van der Waals surface area contributed by atoms with Crippen LogP contribution in [0.4, 0.5) is 5.69 Å². The Labute approximate surface area is 82.4 Å². The zero-order chi connectivity index (χ0) is 10.1. The molecule has 0 unspecified atom stereocenters. The third-order valence-electron chi connectivity index (χ3n) is 1.88. The zero-order valence-electron chi connectivity index (χ0n) is 9.25. The van der Waals surface area contributed by atoms with Gasteiger partial charge in [-0.15, -0.1) is 0 Å². The van der Waals surface area contributed by atoms with E-state index in [0.29, 0.717) is 0 Å². The van der Waals surface area contributed by atoms with Crippen LogP contribution in [0.15, 0.2) is 30.3 Å². The van der Waals surface area contributed by atoms with Crippen LogP contribution in [0.1, 0.15) is 27.7 Å². The van der Waals surface area contributed by atoms with E-state index in [9.17, 15) is 0 Å². The van der Waals surface area contributed by atoms with E-state index in [4.69, 9.17) is 0 Å². The predicted molar refractivity (Wildman–Crippen MR) is 61.4 cm³/mol. The molecular formula is C12H21N. The molecule has 0 heterocycles. The first-order chi connectivity index (χ1) is 6.38. The summed E-state index contributed by atoms with van der Waals surface area (Å²) in [7, 11) is 0. The second kappa shape index (κ2) is 7.66. The van der Waals surface area contributed by atoms with Gasteiger partial charge in [-0.3, -0.25) is 0 Å². The van der Waals surface area contributed by atoms with Gasteiger partial charge < -0.3 is 4.90 Å². The number of anilines is 1. The van der Waals surface area contributed by atoms with E-state index in [-0.39, 0.29) is 0 Å². The second-order valence-corrected chi connectivity index (χ2v) is 2.51. The fraction of sp³-hybridized carbons (Fsp3) is 0.500. The van der Waals surface area contributed by atoms with E-state index in [1.807, 2.05) is 19.9 Å². The van der Waals surface area contributed by atoms with Crippen LogP contribution in [-0.2, 0) is 0 Å². The Morgan fingerprint density at radius 3 is 1.77 bits per heavy atom. The van der Waals surface area contributed by atoms with Gasteiger partial charge in [0.1, 0.15) is 0 Å². The summed E-state index contributed by atoms with van der Waals surface area (Å²) in [5.41, 5.74) is 1.32. The molecule has 13 heavy (non-hydrogen) atoms. The van der Waals surface area contributed by atoms with Crippen molar-refractivity contribution >= 4 is 5.69 Å². The summed E-state index contributed by atoms with van der Waals surface area (Å²) in [6.45, 7) is 10.5. The Hall–Kier alpha value is -0.980. The van der Waals surface area contributed by atoms with E-state index in [0.717, 1.165) is 13.1 Å². The second-order valence-electron chi connectivity index (χ2n) is 2.51. The van der Waals surface area contributed by atoms with Crippen molar-refractivity contribution in [2.24, 2.45) is 0 Å². The molecule has 1 aromatic rings. The highest BCUT2D eigenvalue weighted by atomic mass is 15.1. The van der Waals surface area contributed by atoms with Gasteiger partial charge >= 0.3 is 0 Å². The summed E-state index contributed by atoms with van der Waals surface area (Å²) in [5.74, 6) is 0. The van der Waals surface area contributed by atoms with Gasteiger partial charge in [-0.25, -0.2) is 0 Å². The molecular weight excluding hydrogens is 158 g/mol. The molecule has 0 aliphatic rings. The van der Waals surface area contributed by atoms with Gasteiger partial charge in [-0.1, -0.05) is 32.0 Å². The van der Waals surface area contributed by atoms with Crippen LogP contribution < -0.4 is 4.90 Å². The minimum atomic E-state index is 1.08. The van der Waals surface area contributed by atoms with Gasteiger partial charge in [0.05, 0.1) is 0 Å². The van der Waals surface area contributed by atoms with Gasteiger partial charge in [-0.2, -0.15) is 0 Å². The van der Waals surface area contributed by atoms with Crippen molar-refractivity contribution < 1.29 is 0 Å². The summed E-state index contributed by atoms with van der Waals surface area (Å²) >= 11 is 0. The fourth-order valence-corrected chi connectivity index (χ4v) is 1.23. The van der Waals surface area contributed by atoms with E-state index >= 15 is 0 Å². The third-order valence-corrected chi connectivity index (χ3v) is 1.88. The lowest BCUT2D eigenvalue weighted by molar-refractivity contribution is 0.866. The van der Waals surface area contributed by atoms with Crippen molar-refractivity contribution in [3.8, 4) is 0 Å². The quantitative estimate of drug-likeness (QED) is 0.685. The standard InChI is InChI=1S/C10H15N.C2H6/c1-3-11(4-2)10-8-6-5-7-9-10;1-2/h5-9H,3-4H2,1-2H3;1-2H3. The summed E-state index contributed by atoms with van der Waals surface area (Å²) in [6, 6.07) is 10.5. The van der Waals surface area contributed by atoms with Crippen molar-refractivity contribution in [2.75, 3.05) is 18.0 Å². The van der Waals surface area contributed by atoms with Crippen molar-refractivity contribution in [1.29, 1.82) is 0 Å². The Morgan fingerprint density at radius 1 is 0.923 bits per heavy atom. The summed E-state index contributed by atoms with van der Waals surface area (Å²) < 4.78 is 0. The number of benzene rings is 1. The van der Waals surface area contributed by atoms with Crippen LogP contribution in [0.3, 0.4) is 0 Å². The van der Waals surface area contributed by atoms with E-state index in [1.165, 1.54) is 5.69 Å². The molecule has 0 spiro atoms. The molecule has 1 rings (SSSR count). The largest absolute Gasteiger partial charge is 0.372 e.